The van der Waals surface area contributed by atoms with Gasteiger partial charge in [-0.3, -0.25) is 0 Å². The summed E-state index contributed by atoms with van der Waals surface area (Å²) in [4.78, 5) is 0. The summed E-state index contributed by atoms with van der Waals surface area (Å²) >= 11 is 0. The van der Waals surface area contributed by atoms with E-state index in [1.807, 2.05) is 30.3 Å². The number of fused-ring (bicyclic) bond motifs is 1. The molecule has 3 nitrogen and oxygen atoms in total. The standard InChI is InChI=1S/C22H21NO2/c1-16-17(15-25-18-8-3-2-4-9-18)7-5-10-19(16)20-11-6-12-21-22(20)24-14-13-23-21/h2-12,23H,13-15H2,1H3. The molecule has 3 aromatic rings. The Morgan fingerprint density at radius 1 is 0.920 bits per heavy atom. The lowest BCUT2D eigenvalue weighted by atomic mass is 9.95. The lowest BCUT2D eigenvalue weighted by Gasteiger charge is -2.23. The highest BCUT2D eigenvalue weighted by Gasteiger charge is 2.17. The topological polar surface area (TPSA) is 30.5 Å². The molecule has 0 unspecified atom stereocenters. The van der Waals surface area contributed by atoms with E-state index < -0.39 is 0 Å². The summed E-state index contributed by atoms with van der Waals surface area (Å²) in [5.74, 6) is 1.83. The summed E-state index contributed by atoms with van der Waals surface area (Å²) in [6.45, 7) is 4.24. The van der Waals surface area contributed by atoms with Crippen molar-refractivity contribution in [3.05, 3.63) is 77.9 Å². The molecule has 0 spiro atoms. The molecule has 3 aromatic carbocycles. The van der Waals surface area contributed by atoms with Gasteiger partial charge in [-0.2, -0.15) is 0 Å². The van der Waals surface area contributed by atoms with Crippen molar-refractivity contribution in [2.75, 3.05) is 18.5 Å². The number of anilines is 1. The Labute approximate surface area is 148 Å². The van der Waals surface area contributed by atoms with E-state index in [1.165, 1.54) is 16.7 Å². The molecule has 0 aromatic heterocycles. The number of hydrogen-bond acceptors (Lipinski definition) is 3. The average molecular weight is 331 g/mol. The Kier molecular flexibility index (Phi) is 4.30. The van der Waals surface area contributed by atoms with E-state index in [-0.39, 0.29) is 0 Å². The van der Waals surface area contributed by atoms with Crippen LogP contribution in [0.3, 0.4) is 0 Å². The van der Waals surface area contributed by atoms with Gasteiger partial charge >= 0.3 is 0 Å². The highest BCUT2D eigenvalue weighted by Crippen LogP contribution is 2.39. The molecular formula is C22H21NO2. The third-order valence-electron chi connectivity index (χ3n) is 4.55. The second kappa shape index (κ2) is 6.89. The van der Waals surface area contributed by atoms with Crippen molar-refractivity contribution in [3.8, 4) is 22.6 Å². The first-order valence-electron chi connectivity index (χ1n) is 8.59. The summed E-state index contributed by atoms with van der Waals surface area (Å²) in [5.41, 5.74) is 5.79. The second-order valence-electron chi connectivity index (χ2n) is 6.15. The maximum Gasteiger partial charge on any atom is 0.150 e. The third-order valence-corrected chi connectivity index (χ3v) is 4.55. The van der Waals surface area contributed by atoms with Crippen molar-refractivity contribution in [2.45, 2.75) is 13.5 Å². The van der Waals surface area contributed by atoms with Gasteiger partial charge in [-0.05, 0) is 41.8 Å². The Balaban J connectivity index is 1.66. The summed E-state index contributed by atoms with van der Waals surface area (Å²) in [6.07, 6.45) is 0. The first-order valence-corrected chi connectivity index (χ1v) is 8.59. The number of nitrogens with one attached hydrogen (secondary N) is 1. The highest BCUT2D eigenvalue weighted by atomic mass is 16.5. The number of ether oxygens (including phenoxy) is 2. The quantitative estimate of drug-likeness (QED) is 0.726. The van der Waals surface area contributed by atoms with E-state index >= 15 is 0 Å². The van der Waals surface area contributed by atoms with E-state index in [1.54, 1.807) is 0 Å². The predicted molar refractivity (Wildman–Crippen MR) is 101 cm³/mol. The van der Waals surface area contributed by atoms with Gasteiger partial charge in [0.25, 0.3) is 0 Å². The molecule has 0 saturated carbocycles. The smallest absolute Gasteiger partial charge is 0.150 e. The lowest BCUT2D eigenvalue weighted by molar-refractivity contribution is 0.305. The first-order chi connectivity index (χ1) is 12.3. The van der Waals surface area contributed by atoms with Crippen molar-refractivity contribution >= 4 is 5.69 Å². The number of hydrogen-bond donors (Lipinski definition) is 1. The zero-order chi connectivity index (χ0) is 17.1. The maximum absolute atomic E-state index is 5.94. The Bertz CT molecular complexity index is 874. The molecule has 0 saturated heterocycles. The minimum Gasteiger partial charge on any atom is -0.489 e. The van der Waals surface area contributed by atoms with Crippen molar-refractivity contribution in [1.82, 2.24) is 0 Å². The van der Waals surface area contributed by atoms with Crippen LogP contribution in [-0.2, 0) is 6.61 Å². The van der Waals surface area contributed by atoms with Gasteiger partial charge in [0.1, 0.15) is 24.7 Å². The van der Waals surface area contributed by atoms with Crippen molar-refractivity contribution < 1.29 is 9.47 Å². The van der Waals surface area contributed by atoms with E-state index in [4.69, 9.17) is 9.47 Å². The zero-order valence-corrected chi connectivity index (χ0v) is 14.3. The van der Waals surface area contributed by atoms with Crippen LogP contribution in [0.4, 0.5) is 5.69 Å². The van der Waals surface area contributed by atoms with Crippen molar-refractivity contribution in [2.24, 2.45) is 0 Å². The monoisotopic (exact) mass is 331 g/mol. The molecule has 0 amide bonds. The van der Waals surface area contributed by atoms with E-state index in [0.717, 1.165) is 29.3 Å². The van der Waals surface area contributed by atoms with Crippen LogP contribution in [0.1, 0.15) is 11.1 Å². The SMILES string of the molecule is Cc1c(COc2ccccc2)cccc1-c1cccc2c1OCCN2. The molecule has 1 heterocycles. The predicted octanol–water partition coefficient (Wildman–Crippen LogP) is 5.05. The normalized spacial score (nSPS) is 12.7. The van der Waals surface area contributed by atoms with Crippen LogP contribution < -0.4 is 14.8 Å². The van der Waals surface area contributed by atoms with Crippen LogP contribution in [0.5, 0.6) is 11.5 Å². The summed E-state index contributed by atoms with van der Waals surface area (Å²) in [6, 6.07) is 22.5. The molecular weight excluding hydrogens is 310 g/mol. The zero-order valence-electron chi connectivity index (χ0n) is 14.3. The molecule has 0 radical (unpaired) electrons. The Hall–Kier alpha value is -2.94. The molecule has 1 aliphatic heterocycles. The van der Waals surface area contributed by atoms with Gasteiger partial charge in [0.15, 0.2) is 0 Å². The summed E-state index contributed by atoms with van der Waals surface area (Å²) < 4.78 is 11.9. The molecule has 1 N–H and O–H groups in total. The molecule has 3 heteroatoms. The number of benzene rings is 3. The molecule has 0 aliphatic carbocycles. The van der Waals surface area contributed by atoms with Crippen LogP contribution in [0.25, 0.3) is 11.1 Å². The van der Waals surface area contributed by atoms with Crippen LogP contribution in [0, 0.1) is 6.92 Å². The van der Waals surface area contributed by atoms with Gasteiger partial charge in [0.05, 0.1) is 5.69 Å². The van der Waals surface area contributed by atoms with Gasteiger partial charge in [0, 0.05) is 12.1 Å². The van der Waals surface area contributed by atoms with Gasteiger partial charge in [-0.1, -0.05) is 48.5 Å². The van der Waals surface area contributed by atoms with Crippen LogP contribution in [0.2, 0.25) is 0 Å². The molecule has 0 bridgehead atoms. The van der Waals surface area contributed by atoms with Crippen LogP contribution >= 0.6 is 0 Å². The maximum atomic E-state index is 5.94. The van der Waals surface area contributed by atoms with Crippen LogP contribution in [0.15, 0.2) is 66.7 Å². The van der Waals surface area contributed by atoms with Crippen molar-refractivity contribution in [3.63, 3.8) is 0 Å². The highest BCUT2D eigenvalue weighted by molar-refractivity contribution is 5.81. The van der Waals surface area contributed by atoms with E-state index in [2.05, 4.69) is 48.6 Å². The third kappa shape index (κ3) is 3.18. The number of para-hydroxylation sites is 2. The first kappa shape index (κ1) is 15.6. The minimum absolute atomic E-state index is 0.553. The molecule has 25 heavy (non-hydrogen) atoms. The molecule has 1 aliphatic rings. The fourth-order valence-corrected chi connectivity index (χ4v) is 3.19. The van der Waals surface area contributed by atoms with Crippen LogP contribution in [-0.4, -0.2) is 13.2 Å². The summed E-state index contributed by atoms with van der Waals surface area (Å²) in [7, 11) is 0. The van der Waals surface area contributed by atoms with Gasteiger partial charge < -0.3 is 14.8 Å². The largest absolute Gasteiger partial charge is 0.489 e. The molecule has 0 fully saturated rings. The van der Waals surface area contributed by atoms with E-state index in [9.17, 15) is 0 Å². The van der Waals surface area contributed by atoms with Gasteiger partial charge in [0.2, 0.25) is 0 Å². The molecule has 0 atom stereocenters. The number of rotatable bonds is 4. The second-order valence-corrected chi connectivity index (χ2v) is 6.15. The minimum atomic E-state index is 0.553. The Morgan fingerprint density at radius 3 is 2.60 bits per heavy atom. The fourth-order valence-electron chi connectivity index (χ4n) is 3.19. The lowest BCUT2D eigenvalue weighted by Crippen LogP contribution is -2.18. The van der Waals surface area contributed by atoms with Gasteiger partial charge in [-0.15, -0.1) is 0 Å². The van der Waals surface area contributed by atoms with Gasteiger partial charge in [-0.25, -0.2) is 0 Å². The van der Waals surface area contributed by atoms with Crippen molar-refractivity contribution in [1.29, 1.82) is 0 Å². The average Bonchev–Trinajstić information content (AvgIpc) is 2.68. The molecule has 4 rings (SSSR count). The Morgan fingerprint density at radius 2 is 1.72 bits per heavy atom. The fraction of sp³-hybridized carbons (Fsp3) is 0.182. The summed E-state index contributed by atoms with van der Waals surface area (Å²) in [5, 5.41) is 3.40. The molecule has 126 valence electrons. The van der Waals surface area contributed by atoms with E-state index in [0.29, 0.717) is 13.2 Å².